The van der Waals surface area contributed by atoms with Gasteiger partial charge in [0.15, 0.2) is 11.6 Å². The van der Waals surface area contributed by atoms with E-state index in [1.165, 1.54) is 10.9 Å². The summed E-state index contributed by atoms with van der Waals surface area (Å²) in [6.07, 6.45) is 1.44. The maximum absolute atomic E-state index is 12.8. The zero-order valence-electron chi connectivity index (χ0n) is 18.5. The van der Waals surface area contributed by atoms with E-state index in [0.29, 0.717) is 42.9 Å². The topological polar surface area (TPSA) is 102 Å². The maximum Gasteiger partial charge on any atom is 0.261 e. The molecule has 0 radical (unpaired) electrons. The van der Waals surface area contributed by atoms with Crippen molar-refractivity contribution in [2.45, 2.75) is 20.4 Å². The molecule has 0 saturated carbocycles. The summed E-state index contributed by atoms with van der Waals surface area (Å²) in [5, 5.41) is 13.6. The molecule has 1 aromatic carbocycles. The highest BCUT2D eigenvalue weighted by atomic mass is 16.2. The van der Waals surface area contributed by atoms with E-state index in [1.807, 2.05) is 38.1 Å². The van der Waals surface area contributed by atoms with Gasteiger partial charge in [0, 0.05) is 31.9 Å². The molecule has 1 fully saturated rings. The van der Waals surface area contributed by atoms with Crippen molar-refractivity contribution in [2.24, 2.45) is 0 Å². The molecule has 33 heavy (non-hydrogen) atoms. The summed E-state index contributed by atoms with van der Waals surface area (Å²) in [6, 6.07) is 13.0. The average Bonchev–Trinajstić information content (AvgIpc) is 3.19. The Morgan fingerprint density at radius 2 is 1.70 bits per heavy atom. The van der Waals surface area contributed by atoms with E-state index in [2.05, 4.69) is 25.2 Å². The minimum absolute atomic E-state index is 0.0200. The van der Waals surface area contributed by atoms with Gasteiger partial charge in [0.25, 0.3) is 5.56 Å². The van der Waals surface area contributed by atoms with E-state index in [9.17, 15) is 9.59 Å². The van der Waals surface area contributed by atoms with Gasteiger partial charge in [-0.3, -0.25) is 14.2 Å². The number of aromatic nitrogens is 6. The first-order valence-electron chi connectivity index (χ1n) is 10.8. The fraction of sp³-hybridized carbons (Fsp3) is 0.304. The number of benzene rings is 1. The standard InChI is InChI=1S/C23H24N8O2/c1-16-13-17(2)31(27-16)21-8-7-20(25-26-21)28-9-11-29(12-10-28)22(32)14-30-15-24-19-6-4-3-5-18(19)23(30)33/h3-8,13,15H,9-12,14H2,1-2H3. The third-order valence-electron chi connectivity index (χ3n) is 5.86. The Morgan fingerprint density at radius 3 is 2.39 bits per heavy atom. The van der Waals surface area contributed by atoms with Crippen molar-refractivity contribution in [3.8, 4) is 5.82 Å². The van der Waals surface area contributed by atoms with Gasteiger partial charge in [0.1, 0.15) is 6.54 Å². The second-order valence-corrected chi connectivity index (χ2v) is 8.15. The van der Waals surface area contributed by atoms with Crippen LogP contribution in [0.1, 0.15) is 11.4 Å². The van der Waals surface area contributed by atoms with Crippen LogP contribution in [0, 0.1) is 13.8 Å². The minimum Gasteiger partial charge on any atom is -0.352 e. The molecule has 1 aliphatic rings. The fourth-order valence-electron chi connectivity index (χ4n) is 4.11. The molecular weight excluding hydrogens is 420 g/mol. The van der Waals surface area contributed by atoms with E-state index < -0.39 is 0 Å². The molecule has 1 amide bonds. The van der Waals surface area contributed by atoms with Gasteiger partial charge in [-0.1, -0.05) is 12.1 Å². The molecule has 0 atom stereocenters. The molecule has 1 saturated heterocycles. The van der Waals surface area contributed by atoms with Crippen molar-refractivity contribution >= 4 is 22.6 Å². The molecule has 0 bridgehead atoms. The number of hydrogen-bond acceptors (Lipinski definition) is 7. The first kappa shape index (κ1) is 20.8. The number of hydrogen-bond donors (Lipinski definition) is 0. The lowest BCUT2D eigenvalue weighted by atomic mass is 10.2. The van der Waals surface area contributed by atoms with Crippen molar-refractivity contribution in [1.29, 1.82) is 0 Å². The van der Waals surface area contributed by atoms with Crippen LogP contribution in [0.2, 0.25) is 0 Å². The van der Waals surface area contributed by atoms with Crippen molar-refractivity contribution in [1.82, 2.24) is 34.4 Å². The highest BCUT2D eigenvalue weighted by Crippen LogP contribution is 2.16. The molecule has 10 heteroatoms. The smallest absolute Gasteiger partial charge is 0.261 e. The van der Waals surface area contributed by atoms with E-state index in [-0.39, 0.29) is 18.0 Å². The minimum atomic E-state index is -0.203. The zero-order chi connectivity index (χ0) is 22.9. The molecule has 3 aromatic heterocycles. The van der Waals surface area contributed by atoms with Crippen LogP contribution >= 0.6 is 0 Å². The maximum atomic E-state index is 12.8. The Labute approximate surface area is 190 Å². The summed E-state index contributed by atoms with van der Waals surface area (Å²) in [6.45, 7) is 6.29. The molecule has 0 N–H and O–H groups in total. The highest BCUT2D eigenvalue weighted by Gasteiger charge is 2.23. The van der Waals surface area contributed by atoms with Gasteiger partial charge in [0.05, 0.1) is 22.9 Å². The second-order valence-electron chi connectivity index (χ2n) is 8.15. The fourth-order valence-corrected chi connectivity index (χ4v) is 4.11. The van der Waals surface area contributed by atoms with Crippen LogP contribution in [0.3, 0.4) is 0 Å². The SMILES string of the molecule is Cc1cc(C)n(-c2ccc(N3CCN(C(=O)Cn4cnc5ccccc5c4=O)CC3)nn2)n1. The number of para-hydroxylation sites is 1. The predicted octanol–water partition coefficient (Wildman–Crippen LogP) is 1.34. The number of rotatable bonds is 4. The predicted molar refractivity (Wildman–Crippen MR) is 123 cm³/mol. The number of fused-ring (bicyclic) bond motifs is 1. The van der Waals surface area contributed by atoms with Gasteiger partial charge in [0.2, 0.25) is 5.91 Å². The van der Waals surface area contributed by atoms with Gasteiger partial charge in [-0.2, -0.15) is 5.10 Å². The largest absolute Gasteiger partial charge is 0.352 e. The summed E-state index contributed by atoms with van der Waals surface area (Å²) < 4.78 is 3.15. The van der Waals surface area contributed by atoms with E-state index >= 15 is 0 Å². The second kappa shape index (κ2) is 8.45. The molecule has 4 heterocycles. The summed E-state index contributed by atoms with van der Waals surface area (Å²) >= 11 is 0. The molecule has 0 aliphatic carbocycles. The molecule has 0 spiro atoms. The van der Waals surface area contributed by atoms with E-state index in [0.717, 1.165) is 17.2 Å². The number of nitrogens with zero attached hydrogens (tertiary/aromatic N) is 8. The number of amides is 1. The van der Waals surface area contributed by atoms with Gasteiger partial charge in [-0.05, 0) is 44.2 Å². The zero-order valence-corrected chi connectivity index (χ0v) is 18.5. The molecule has 4 aromatic rings. The third kappa shape index (κ3) is 4.07. The Morgan fingerprint density at radius 1 is 0.970 bits per heavy atom. The Balaban J connectivity index is 1.22. The van der Waals surface area contributed by atoms with Crippen LogP contribution in [-0.2, 0) is 11.3 Å². The van der Waals surface area contributed by atoms with Crippen LogP contribution in [0.25, 0.3) is 16.7 Å². The number of aryl methyl sites for hydroxylation is 2. The quantitative estimate of drug-likeness (QED) is 0.468. The first-order chi connectivity index (χ1) is 16.0. The van der Waals surface area contributed by atoms with Gasteiger partial charge in [-0.15, -0.1) is 10.2 Å². The van der Waals surface area contributed by atoms with Crippen LogP contribution in [-0.4, -0.2) is 66.5 Å². The van der Waals surface area contributed by atoms with Gasteiger partial charge >= 0.3 is 0 Å². The van der Waals surface area contributed by atoms with Crippen molar-refractivity contribution in [3.63, 3.8) is 0 Å². The Hall–Kier alpha value is -4.08. The molecule has 10 nitrogen and oxygen atoms in total. The third-order valence-corrected chi connectivity index (χ3v) is 5.86. The molecule has 1 aliphatic heterocycles. The number of piperazine rings is 1. The monoisotopic (exact) mass is 444 g/mol. The first-order valence-corrected chi connectivity index (χ1v) is 10.8. The molecule has 5 rings (SSSR count). The Bertz CT molecular complexity index is 1370. The molecule has 168 valence electrons. The van der Waals surface area contributed by atoms with Crippen molar-refractivity contribution in [3.05, 3.63) is 70.5 Å². The number of anilines is 1. The van der Waals surface area contributed by atoms with Crippen LogP contribution < -0.4 is 10.5 Å². The lowest BCUT2D eigenvalue weighted by molar-refractivity contribution is -0.132. The van der Waals surface area contributed by atoms with E-state index in [1.54, 1.807) is 27.8 Å². The van der Waals surface area contributed by atoms with Gasteiger partial charge in [-0.25, -0.2) is 9.67 Å². The number of carbonyl (C=O) groups is 1. The summed E-state index contributed by atoms with van der Waals surface area (Å²) in [5.41, 5.74) is 2.36. The van der Waals surface area contributed by atoms with Gasteiger partial charge < -0.3 is 9.80 Å². The normalized spacial score (nSPS) is 14.1. The van der Waals surface area contributed by atoms with E-state index in [4.69, 9.17) is 0 Å². The lowest BCUT2D eigenvalue weighted by Gasteiger charge is -2.35. The summed E-state index contributed by atoms with van der Waals surface area (Å²) in [4.78, 5) is 33.6. The van der Waals surface area contributed by atoms with Crippen molar-refractivity contribution in [2.75, 3.05) is 31.1 Å². The highest BCUT2D eigenvalue weighted by molar-refractivity contribution is 5.79. The Kier molecular flexibility index (Phi) is 5.33. The number of carbonyl (C=O) groups excluding carboxylic acids is 1. The average molecular weight is 444 g/mol. The molecular formula is C23H24N8O2. The summed E-state index contributed by atoms with van der Waals surface area (Å²) in [5.74, 6) is 1.34. The lowest BCUT2D eigenvalue weighted by Crippen LogP contribution is -2.50. The van der Waals surface area contributed by atoms with Crippen LogP contribution in [0.5, 0.6) is 0 Å². The van der Waals surface area contributed by atoms with Crippen LogP contribution in [0.15, 0.2) is 53.6 Å². The van der Waals surface area contributed by atoms with Crippen LogP contribution in [0.4, 0.5) is 5.82 Å². The van der Waals surface area contributed by atoms with Crippen molar-refractivity contribution < 1.29 is 4.79 Å². The summed E-state index contributed by atoms with van der Waals surface area (Å²) in [7, 11) is 0. The molecule has 0 unspecified atom stereocenters.